The molecule has 0 aromatic heterocycles. The second-order valence-corrected chi connectivity index (χ2v) is 6.23. The number of fused-ring (bicyclic) bond motifs is 4. The summed E-state index contributed by atoms with van der Waals surface area (Å²) in [5.74, 6) is -1.30. The van der Waals surface area contributed by atoms with Gasteiger partial charge in [-0.2, -0.15) is 0 Å². The SMILES string of the molecule is O=C1N[C@H]2[C@H](O)[C@H](O)[C@@H](O)C[C@]2(C(=O)O)c2cc3c(cc21)OCO3. The number of carboxylic acid groups (broad SMARTS) is 1. The van der Waals surface area contributed by atoms with Gasteiger partial charge in [-0.05, 0) is 24.1 Å². The number of hydrogen-bond donors (Lipinski definition) is 5. The van der Waals surface area contributed by atoms with Crippen LogP contribution in [0.15, 0.2) is 12.1 Å². The third kappa shape index (κ3) is 1.74. The lowest BCUT2D eigenvalue weighted by Gasteiger charge is -2.50. The minimum Gasteiger partial charge on any atom is -0.481 e. The van der Waals surface area contributed by atoms with Crippen LogP contribution in [0.25, 0.3) is 0 Å². The van der Waals surface area contributed by atoms with E-state index in [1.807, 2.05) is 0 Å². The first-order chi connectivity index (χ1) is 11.4. The monoisotopic (exact) mass is 337 g/mol. The third-order valence-electron chi connectivity index (χ3n) is 5.05. The predicted molar refractivity (Wildman–Crippen MR) is 75.8 cm³/mol. The lowest BCUT2D eigenvalue weighted by Crippen LogP contribution is -2.71. The van der Waals surface area contributed by atoms with Gasteiger partial charge in [-0.1, -0.05) is 0 Å². The van der Waals surface area contributed by atoms with Crippen LogP contribution in [0.1, 0.15) is 22.3 Å². The summed E-state index contributed by atoms with van der Waals surface area (Å²) in [6, 6.07) is 1.50. The molecule has 1 aromatic carbocycles. The zero-order valence-electron chi connectivity index (χ0n) is 12.3. The van der Waals surface area contributed by atoms with Gasteiger partial charge in [0, 0.05) is 5.56 Å². The number of benzene rings is 1. The van der Waals surface area contributed by atoms with Gasteiger partial charge in [0.05, 0.1) is 12.1 Å². The van der Waals surface area contributed by atoms with Gasteiger partial charge in [0.2, 0.25) is 6.79 Å². The van der Waals surface area contributed by atoms with Crippen molar-refractivity contribution in [3.63, 3.8) is 0 Å². The van der Waals surface area contributed by atoms with E-state index in [9.17, 15) is 30.0 Å². The van der Waals surface area contributed by atoms with Crippen LogP contribution in [0, 0.1) is 0 Å². The van der Waals surface area contributed by atoms with Crippen LogP contribution in [-0.2, 0) is 10.2 Å². The molecule has 24 heavy (non-hydrogen) atoms. The molecule has 9 nitrogen and oxygen atoms in total. The minimum atomic E-state index is -1.79. The Morgan fingerprint density at radius 1 is 1.17 bits per heavy atom. The molecule has 1 aliphatic carbocycles. The van der Waals surface area contributed by atoms with Crippen molar-refractivity contribution in [3.8, 4) is 11.5 Å². The fraction of sp³-hybridized carbons (Fsp3) is 0.467. The second-order valence-electron chi connectivity index (χ2n) is 6.23. The van der Waals surface area contributed by atoms with Crippen molar-refractivity contribution in [3.05, 3.63) is 23.3 Å². The molecule has 2 aliphatic heterocycles. The molecule has 0 saturated heterocycles. The summed E-state index contributed by atoms with van der Waals surface area (Å²) in [6.07, 6.45) is -5.01. The molecule has 4 rings (SSSR count). The molecule has 0 radical (unpaired) electrons. The van der Waals surface area contributed by atoms with Gasteiger partial charge in [0.25, 0.3) is 5.91 Å². The van der Waals surface area contributed by atoms with Crippen LogP contribution < -0.4 is 14.8 Å². The Bertz CT molecular complexity index is 749. The van der Waals surface area contributed by atoms with E-state index < -0.39 is 41.6 Å². The van der Waals surface area contributed by atoms with Gasteiger partial charge in [-0.15, -0.1) is 0 Å². The first-order valence-corrected chi connectivity index (χ1v) is 7.39. The van der Waals surface area contributed by atoms with E-state index in [-0.39, 0.29) is 30.1 Å². The fourth-order valence-corrected chi connectivity index (χ4v) is 3.83. The number of aliphatic hydroxyl groups is 3. The molecular formula is C15H15NO8. The second kappa shape index (κ2) is 4.82. The maximum atomic E-state index is 12.4. The minimum absolute atomic E-state index is 0.0483. The zero-order chi connectivity index (χ0) is 17.2. The van der Waals surface area contributed by atoms with E-state index in [0.717, 1.165) is 0 Å². The third-order valence-corrected chi connectivity index (χ3v) is 5.05. The molecule has 5 N–H and O–H groups in total. The Hall–Kier alpha value is -2.36. The predicted octanol–water partition coefficient (Wildman–Crippen LogP) is -1.66. The van der Waals surface area contributed by atoms with E-state index in [0.29, 0.717) is 5.75 Å². The average molecular weight is 337 g/mol. The van der Waals surface area contributed by atoms with Gasteiger partial charge < -0.3 is 35.2 Å². The van der Waals surface area contributed by atoms with Crippen LogP contribution in [0.3, 0.4) is 0 Å². The molecule has 1 saturated carbocycles. The van der Waals surface area contributed by atoms with Crippen molar-refractivity contribution in [1.82, 2.24) is 5.32 Å². The summed E-state index contributed by atoms with van der Waals surface area (Å²) >= 11 is 0. The molecule has 2 heterocycles. The van der Waals surface area contributed by atoms with Gasteiger partial charge in [0.15, 0.2) is 11.5 Å². The summed E-state index contributed by atoms with van der Waals surface area (Å²) in [4.78, 5) is 24.5. The van der Waals surface area contributed by atoms with Crippen LogP contribution in [0.5, 0.6) is 11.5 Å². The fourth-order valence-electron chi connectivity index (χ4n) is 3.83. The van der Waals surface area contributed by atoms with Gasteiger partial charge in [-0.3, -0.25) is 9.59 Å². The van der Waals surface area contributed by atoms with Crippen LogP contribution >= 0.6 is 0 Å². The molecule has 3 aliphatic rings. The summed E-state index contributed by atoms with van der Waals surface area (Å²) in [5.41, 5.74) is -1.59. The molecule has 0 spiro atoms. The van der Waals surface area contributed by atoms with Crippen molar-refractivity contribution in [1.29, 1.82) is 0 Å². The molecule has 128 valence electrons. The highest BCUT2D eigenvalue weighted by molar-refractivity contribution is 6.02. The largest absolute Gasteiger partial charge is 0.481 e. The molecule has 0 bridgehead atoms. The number of hydrogen-bond acceptors (Lipinski definition) is 7. The Balaban J connectivity index is 1.97. The maximum absolute atomic E-state index is 12.4. The number of carboxylic acids is 1. The number of carbonyl (C=O) groups is 2. The van der Waals surface area contributed by atoms with Crippen LogP contribution in [-0.4, -0.2) is 63.4 Å². The number of aliphatic hydroxyl groups excluding tert-OH is 3. The van der Waals surface area contributed by atoms with E-state index in [1.165, 1.54) is 12.1 Å². The lowest BCUT2D eigenvalue weighted by molar-refractivity contribution is -0.164. The number of amides is 1. The Labute approximate surface area is 135 Å². The maximum Gasteiger partial charge on any atom is 0.316 e. The van der Waals surface area contributed by atoms with E-state index in [1.54, 1.807) is 0 Å². The Morgan fingerprint density at radius 3 is 2.50 bits per heavy atom. The highest BCUT2D eigenvalue weighted by atomic mass is 16.7. The molecule has 9 heteroatoms. The number of nitrogens with one attached hydrogen (secondary N) is 1. The molecular weight excluding hydrogens is 322 g/mol. The van der Waals surface area contributed by atoms with Crippen LogP contribution in [0.2, 0.25) is 0 Å². The molecule has 1 aromatic rings. The zero-order valence-corrected chi connectivity index (χ0v) is 12.3. The van der Waals surface area contributed by atoms with Crippen molar-refractivity contribution >= 4 is 11.9 Å². The number of ether oxygens (including phenoxy) is 2. The van der Waals surface area contributed by atoms with Gasteiger partial charge in [0.1, 0.15) is 17.6 Å². The van der Waals surface area contributed by atoms with E-state index in [4.69, 9.17) is 9.47 Å². The van der Waals surface area contributed by atoms with Gasteiger partial charge in [-0.25, -0.2) is 0 Å². The van der Waals surface area contributed by atoms with Crippen molar-refractivity contribution in [2.24, 2.45) is 0 Å². The number of carbonyl (C=O) groups excluding carboxylic acids is 1. The van der Waals surface area contributed by atoms with Crippen molar-refractivity contribution in [2.75, 3.05) is 6.79 Å². The van der Waals surface area contributed by atoms with E-state index >= 15 is 0 Å². The lowest BCUT2D eigenvalue weighted by atomic mass is 9.60. The normalized spacial score (nSPS) is 36.5. The molecule has 1 amide bonds. The van der Waals surface area contributed by atoms with Crippen molar-refractivity contribution < 1.29 is 39.5 Å². The smallest absolute Gasteiger partial charge is 0.316 e. The number of aliphatic carboxylic acids is 1. The van der Waals surface area contributed by atoms with Crippen molar-refractivity contribution in [2.45, 2.75) is 36.2 Å². The first kappa shape index (κ1) is 15.2. The highest BCUT2D eigenvalue weighted by Gasteiger charge is 2.61. The summed E-state index contributed by atoms with van der Waals surface area (Å²) in [6.45, 7) is -0.0483. The standard InChI is InChI=1S/C15H15NO8/c17-7-3-15(14(21)22)6-2-9-8(23-4-24-9)1-5(6)13(20)16-12(15)11(19)10(7)18/h1-2,7,10-12,17-19H,3-4H2,(H,16,20)(H,21,22)/t7-,10+,11+,12-,15-/m0/s1. The first-order valence-electron chi connectivity index (χ1n) is 7.39. The Morgan fingerprint density at radius 2 is 1.83 bits per heavy atom. The van der Waals surface area contributed by atoms with E-state index in [2.05, 4.69) is 5.32 Å². The number of rotatable bonds is 1. The average Bonchev–Trinajstić information content (AvgIpc) is 3.00. The summed E-state index contributed by atoms with van der Waals surface area (Å²) in [7, 11) is 0. The molecule has 0 unspecified atom stereocenters. The highest BCUT2D eigenvalue weighted by Crippen LogP contribution is 2.48. The molecule has 5 atom stereocenters. The Kier molecular flexibility index (Phi) is 3.05. The molecule has 1 fully saturated rings. The summed E-state index contributed by atoms with van der Waals surface area (Å²) in [5, 5.41) is 42.5. The van der Waals surface area contributed by atoms with Gasteiger partial charge >= 0.3 is 5.97 Å². The van der Waals surface area contributed by atoms with Crippen LogP contribution in [0.4, 0.5) is 0 Å². The summed E-state index contributed by atoms with van der Waals surface area (Å²) < 4.78 is 10.5. The topological polar surface area (TPSA) is 146 Å². The quantitative estimate of drug-likeness (QED) is 0.409.